The predicted molar refractivity (Wildman–Crippen MR) is 248 cm³/mol. The second-order valence-electron chi connectivity index (χ2n) is 13.8. The number of anilines is 4. The first kappa shape index (κ1) is 53.1. The maximum absolute atomic E-state index is 13.7. The van der Waals surface area contributed by atoms with E-state index < -0.39 is 67.2 Å². The van der Waals surface area contributed by atoms with Crippen molar-refractivity contribution in [3.63, 3.8) is 0 Å². The van der Waals surface area contributed by atoms with E-state index in [1.807, 2.05) is 0 Å². The van der Waals surface area contributed by atoms with Crippen LogP contribution in [0.5, 0.6) is 46.0 Å². The number of hydrogen-bond acceptors (Lipinski definition) is 18. The molecule has 0 aromatic heterocycles. The van der Waals surface area contributed by atoms with Crippen molar-refractivity contribution in [2.75, 3.05) is 104 Å². The van der Waals surface area contributed by atoms with Gasteiger partial charge >= 0.3 is 0 Å². The van der Waals surface area contributed by atoms with E-state index in [1.54, 1.807) is 0 Å². The largest absolute Gasteiger partial charge is 0.496 e. The lowest BCUT2D eigenvalue weighted by Gasteiger charge is -2.22. The molecule has 1 unspecified atom stereocenters. The maximum atomic E-state index is 13.7. The number of benzene rings is 4. The minimum atomic E-state index is -1.62. The zero-order valence-corrected chi connectivity index (χ0v) is 38.8. The number of carbonyl (C=O) groups is 7. The quantitative estimate of drug-likeness (QED) is 0.0432. The number of methoxy groups -OCH3 is 8. The fraction of sp³-hybridized carbons (Fsp3) is 0.295. The smallest absolute Gasteiger partial charge is 0.259 e. The molecule has 0 radical (unpaired) electrons. The molecular weight excluding hydrogens is 911 g/mol. The zero-order valence-electron chi connectivity index (χ0n) is 38.8. The summed E-state index contributed by atoms with van der Waals surface area (Å²) in [7, 11) is 10.3. The van der Waals surface area contributed by atoms with E-state index in [4.69, 9.17) is 49.4 Å². The van der Waals surface area contributed by atoms with Crippen molar-refractivity contribution in [3.8, 4) is 46.0 Å². The molecular formula is C44H53N9O16. The highest BCUT2D eigenvalue weighted by molar-refractivity contribution is 6.08. The summed E-state index contributed by atoms with van der Waals surface area (Å²) < 4.78 is 43.1. The van der Waals surface area contributed by atoms with Gasteiger partial charge < -0.3 is 86.4 Å². The summed E-state index contributed by atoms with van der Waals surface area (Å²) in [6, 6.07) is 11.3. The molecule has 25 nitrogen and oxygen atoms in total. The highest BCUT2D eigenvalue weighted by atomic mass is 16.5. The number of aliphatic hydroxyl groups is 1. The van der Waals surface area contributed by atoms with Crippen LogP contribution in [0.1, 0.15) is 42.9 Å². The number of nitrogens with two attached hydrogens (primary N) is 2. The van der Waals surface area contributed by atoms with E-state index in [0.29, 0.717) is 0 Å². The van der Waals surface area contributed by atoms with Crippen LogP contribution in [-0.2, 0) is 19.2 Å². The molecule has 0 bridgehead atoms. The predicted octanol–water partition coefficient (Wildman–Crippen LogP) is 0.708. The number of primary amides is 1. The lowest BCUT2D eigenvalue weighted by atomic mass is 10.1. The number of rotatable bonds is 24. The Hall–Kier alpha value is -8.55. The molecule has 0 aliphatic carbocycles. The molecule has 0 saturated carbocycles. The van der Waals surface area contributed by atoms with Gasteiger partial charge in [0.1, 0.15) is 45.9 Å². The summed E-state index contributed by atoms with van der Waals surface area (Å²) in [5.41, 5.74) is 10.7. The van der Waals surface area contributed by atoms with Crippen molar-refractivity contribution in [2.24, 2.45) is 11.5 Å². The van der Waals surface area contributed by atoms with Gasteiger partial charge in [0.2, 0.25) is 23.6 Å². The van der Waals surface area contributed by atoms with Gasteiger partial charge in [-0.25, -0.2) is 0 Å². The number of amides is 7. The third-order valence-electron chi connectivity index (χ3n) is 9.74. The van der Waals surface area contributed by atoms with Gasteiger partial charge in [0.15, 0.2) is 23.0 Å². The van der Waals surface area contributed by atoms with Gasteiger partial charge in [0, 0.05) is 0 Å². The first-order valence-electron chi connectivity index (χ1n) is 20.2. The van der Waals surface area contributed by atoms with Crippen molar-refractivity contribution in [3.05, 3.63) is 70.8 Å². The zero-order chi connectivity index (χ0) is 50.9. The number of nitrogens with one attached hydrogen (secondary N) is 7. The summed E-state index contributed by atoms with van der Waals surface area (Å²) in [5, 5.41) is 29.1. The summed E-state index contributed by atoms with van der Waals surface area (Å²) in [5.74, 6) is -5.26. The summed E-state index contributed by atoms with van der Waals surface area (Å²) in [6.45, 7) is -2.05. The molecule has 25 heteroatoms. The first-order valence-corrected chi connectivity index (χ1v) is 20.2. The highest BCUT2D eigenvalue weighted by Crippen LogP contribution is 2.41. The van der Waals surface area contributed by atoms with Crippen LogP contribution in [0.4, 0.5) is 22.7 Å². The molecule has 4 aromatic rings. The van der Waals surface area contributed by atoms with Crippen molar-refractivity contribution in [1.29, 1.82) is 0 Å². The maximum Gasteiger partial charge on any atom is 0.259 e. The van der Waals surface area contributed by atoms with Crippen molar-refractivity contribution in [1.82, 2.24) is 16.0 Å². The lowest BCUT2D eigenvalue weighted by molar-refractivity contribution is -0.116. The van der Waals surface area contributed by atoms with Crippen molar-refractivity contribution < 1.29 is 76.6 Å². The Bertz CT molecular complexity index is 2590. The van der Waals surface area contributed by atoms with Crippen LogP contribution < -0.4 is 86.6 Å². The lowest BCUT2D eigenvalue weighted by Crippen LogP contribution is -2.34. The Morgan fingerprint density at radius 3 is 1.16 bits per heavy atom. The van der Waals surface area contributed by atoms with Crippen LogP contribution in [0.3, 0.4) is 0 Å². The van der Waals surface area contributed by atoms with Crippen LogP contribution in [0.15, 0.2) is 48.5 Å². The van der Waals surface area contributed by atoms with Gasteiger partial charge in [-0.05, 0) is 48.5 Å². The molecule has 4 aromatic carbocycles. The monoisotopic (exact) mass is 963 g/mol. The molecule has 4 rings (SSSR count). The minimum Gasteiger partial charge on any atom is -0.496 e. The Morgan fingerprint density at radius 2 is 0.797 bits per heavy atom. The van der Waals surface area contributed by atoms with E-state index in [1.165, 1.54) is 105 Å². The van der Waals surface area contributed by atoms with E-state index in [9.17, 15) is 38.7 Å². The van der Waals surface area contributed by atoms with Gasteiger partial charge in [0.25, 0.3) is 17.7 Å². The van der Waals surface area contributed by atoms with Crippen LogP contribution in [-0.4, -0.2) is 130 Å². The second kappa shape index (κ2) is 24.8. The van der Waals surface area contributed by atoms with Gasteiger partial charge in [-0.3, -0.25) is 38.9 Å². The third-order valence-corrected chi connectivity index (χ3v) is 9.74. The fourth-order valence-electron chi connectivity index (χ4n) is 6.71. The fourth-order valence-corrected chi connectivity index (χ4v) is 6.71. The average Bonchev–Trinajstić information content (AvgIpc) is 3.35. The molecule has 1 atom stereocenters. The SMILES string of the molecule is COc1ccc(NC(=O)CNC(O)c2c(OC)ccc(NC(=O)CNC(=O)c3c(OC)ccc(NC(=O)CNC(=O)c4c(OC)ccc(NC(=O)CN)c4OC)c3OC)c2OC)c(OC)c1C(N)=O. The van der Waals surface area contributed by atoms with E-state index in [-0.39, 0.29) is 97.5 Å². The number of carbonyl (C=O) groups excluding carboxylic acids is 7. The molecule has 7 amide bonds. The molecule has 0 saturated heterocycles. The molecule has 0 spiro atoms. The average molecular weight is 964 g/mol. The van der Waals surface area contributed by atoms with Gasteiger partial charge in [-0.1, -0.05) is 0 Å². The first-order chi connectivity index (χ1) is 33.0. The van der Waals surface area contributed by atoms with E-state index in [0.717, 1.165) is 0 Å². The molecule has 0 aliphatic heterocycles. The molecule has 0 fully saturated rings. The molecule has 12 N–H and O–H groups in total. The highest BCUT2D eigenvalue weighted by Gasteiger charge is 2.28. The number of ether oxygens (including phenoxy) is 8. The summed E-state index contributed by atoms with van der Waals surface area (Å²) >= 11 is 0. The van der Waals surface area contributed by atoms with Gasteiger partial charge in [-0.2, -0.15) is 0 Å². The van der Waals surface area contributed by atoms with Crippen LogP contribution in [0.2, 0.25) is 0 Å². The van der Waals surface area contributed by atoms with E-state index >= 15 is 0 Å². The Balaban J connectivity index is 1.46. The van der Waals surface area contributed by atoms with Crippen LogP contribution in [0.25, 0.3) is 0 Å². The topological polar surface area (TPSA) is 350 Å². The van der Waals surface area contributed by atoms with Crippen LogP contribution >= 0.6 is 0 Å². The molecule has 69 heavy (non-hydrogen) atoms. The van der Waals surface area contributed by atoms with Crippen molar-refractivity contribution >= 4 is 64.1 Å². The molecule has 370 valence electrons. The summed E-state index contributed by atoms with van der Waals surface area (Å²) in [4.78, 5) is 90.6. The van der Waals surface area contributed by atoms with Crippen molar-refractivity contribution in [2.45, 2.75) is 6.23 Å². The Kier molecular flexibility index (Phi) is 19.1. The van der Waals surface area contributed by atoms with Gasteiger partial charge in [0.05, 0.1) is 111 Å². The standard InChI is InChI=1S/C44H53N9O16/c1-62-25-13-9-21(37(66-5)33(25)41(46)58)51-30(55)18-47-43(60)35-27(64-3)15-11-23(39(35)68-7)53-32(57)20-49-44(61)36-28(65-4)16-12-24(40(36)69-8)52-31(56)19-48-42(59)34-26(63-2)14-10-22(38(34)67-6)50-29(54)17-45/h9-16,43,47,60H,17-20,45H2,1-8H3,(H2,46,58)(H,48,59)(H,49,61)(H,50,54)(H,51,55)(H,52,56)(H,53,57). The Labute approximate surface area is 394 Å². The summed E-state index contributed by atoms with van der Waals surface area (Å²) in [6.07, 6.45) is -1.62. The van der Waals surface area contributed by atoms with E-state index in [2.05, 4.69) is 37.2 Å². The number of hydrogen-bond donors (Lipinski definition) is 10. The number of aliphatic hydroxyl groups excluding tert-OH is 1. The third kappa shape index (κ3) is 12.7. The Morgan fingerprint density at radius 1 is 0.464 bits per heavy atom. The van der Waals surface area contributed by atoms with Crippen LogP contribution in [0, 0.1) is 0 Å². The van der Waals surface area contributed by atoms with Gasteiger partial charge in [-0.15, -0.1) is 0 Å². The minimum absolute atomic E-state index is 0.00652. The molecule has 0 aliphatic rings. The second-order valence-corrected chi connectivity index (χ2v) is 13.8. The normalized spacial score (nSPS) is 10.9. The molecule has 0 heterocycles.